The molecular weight excluding hydrogens is 278 g/mol. The molecule has 0 aliphatic rings. The number of para-hydroxylation sites is 1. The average molecular weight is 289 g/mol. The van der Waals surface area contributed by atoms with Crippen LogP contribution in [0.15, 0.2) is 48.7 Å². The molecule has 1 aromatic heterocycles. The van der Waals surface area contributed by atoms with Gasteiger partial charge in [0, 0.05) is 11.8 Å². The van der Waals surface area contributed by atoms with E-state index < -0.39 is 4.92 Å². The van der Waals surface area contributed by atoms with Crippen LogP contribution in [0, 0.1) is 10.1 Å². The molecule has 102 valence electrons. The molecule has 1 heterocycles. The summed E-state index contributed by atoms with van der Waals surface area (Å²) in [5.41, 5.74) is 6.26. The Labute approximate surface area is 120 Å². The van der Waals surface area contributed by atoms with Gasteiger partial charge in [-0.2, -0.15) is 0 Å². The number of hydrazine groups is 1. The van der Waals surface area contributed by atoms with E-state index in [9.17, 15) is 10.1 Å². The normalized spacial score (nSPS) is 9.60. The number of thiocarbonyl (C=S) groups is 1. The van der Waals surface area contributed by atoms with Gasteiger partial charge in [-0.3, -0.25) is 21.0 Å². The van der Waals surface area contributed by atoms with Crippen molar-refractivity contribution in [3.05, 3.63) is 58.8 Å². The van der Waals surface area contributed by atoms with Gasteiger partial charge in [-0.1, -0.05) is 18.2 Å². The quantitative estimate of drug-likeness (QED) is 0.452. The van der Waals surface area contributed by atoms with Crippen molar-refractivity contribution < 1.29 is 4.92 Å². The topological polar surface area (TPSA) is 92.1 Å². The molecule has 0 atom stereocenters. The van der Waals surface area contributed by atoms with E-state index >= 15 is 0 Å². The maximum Gasteiger partial charge on any atom is 0.287 e. The van der Waals surface area contributed by atoms with Gasteiger partial charge < -0.3 is 5.32 Å². The van der Waals surface area contributed by atoms with Crippen LogP contribution in [-0.4, -0.2) is 15.0 Å². The summed E-state index contributed by atoms with van der Waals surface area (Å²) in [4.78, 5) is 13.8. The number of hydrogen-bond acceptors (Lipinski definition) is 5. The molecule has 0 spiro atoms. The first-order valence-electron chi connectivity index (χ1n) is 5.63. The summed E-state index contributed by atoms with van der Waals surface area (Å²) in [5, 5.41) is 13.8. The lowest BCUT2D eigenvalue weighted by Gasteiger charge is -2.11. The zero-order valence-corrected chi connectivity index (χ0v) is 11.1. The number of aromatic nitrogens is 1. The molecule has 3 N–H and O–H groups in total. The van der Waals surface area contributed by atoms with Crippen LogP contribution < -0.4 is 16.2 Å². The van der Waals surface area contributed by atoms with Crippen molar-refractivity contribution in [1.29, 1.82) is 0 Å². The Kier molecular flexibility index (Phi) is 4.40. The van der Waals surface area contributed by atoms with Crippen LogP contribution in [0.1, 0.15) is 0 Å². The molecule has 2 aromatic rings. The van der Waals surface area contributed by atoms with E-state index in [2.05, 4.69) is 21.2 Å². The van der Waals surface area contributed by atoms with Crippen LogP contribution in [-0.2, 0) is 0 Å². The molecule has 2 rings (SSSR count). The van der Waals surface area contributed by atoms with Gasteiger partial charge in [0.2, 0.25) is 0 Å². The Hall–Kier alpha value is -2.74. The third-order valence-corrected chi connectivity index (χ3v) is 2.50. The largest absolute Gasteiger partial charge is 0.331 e. The highest BCUT2D eigenvalue weighted by Crippen LogP contribution is 2.11. The first-order valence-corrected chi connectivity index (χ1v) is 6.04. The van der Waals surface area contributed by atoms with Crippen molar-refractivity contribution in [3.63, 3.8) is 0 Å². The fraction of sp³-hybridized carbons (Fsp3) is 0. The highest BCUT2D eigenvalue weighted by Gasteiger charge is 2.05. The molecule has 1 aromatic carbocycles. The van der Waals surface area contributed by atoms with Gasteiger partial charge >= 0.3 is 0 Å². The van der Waals surface area contributed by atoms with Crippen molar-refractivity contribution in [3.8, 4) is 0 Å². The maximum atomic E-state index is 10.5. The Morgan fingerprint density at radius 3 is 2.55 bits per heavy atom. The number of hydrogen-bond donors (Lipinski definition) is 3. The number of nitrogens with zero attached hydrogens (tertiary/aromatic N) is 2. The summed E-state index contributed by atoms with van der Waals surface area (Å²) in [7, 11) is 0. The van der Waals surface area contributed by atoms with Gasteiger partial charge in [0.1, 0.15) is 12.0 Å². The molecule has 0 saturated carbocycles. The number of rotatable bonds is 4. The summed E-state index contributed by atoms with van der Waals surface area (Å²) in [6.45, 7) is 0. The van der Waals surface area contributed by atoms with Gasteiger partial charge in [0.05, 0.1) is 4.92 Å². The van der Waals surface area contributed by atoms with Gasteiger partial charge in [0.25, 0.3) is 5.69 Å². The second-order valence-corrected chi connectivity index (χ2v) is 4.14. The lowest BCUT2D eigenvalue weighted by atomic mass is 10.3. The molecule has 0 aliphatic heterocycles. The van der Waals surface area contributed by atoms with Crippen LogP contribution in [0.5, 0.6) is 0 Å². The molecule has 8 heteroatoms. The molecule has 0 saturated heterocycles. The number of nitrogens with one attached hydrogen (secondary N) is 3. The maximum absolute atomic E-state index is 10.5. The highest BCUT2D eigenvalue weighted by atomic mass is 32.1. The van der Waals surface area contributed by atoms with E-state index in [1.165, 1.54) is 12.1 Å². The second-order valence-electron chi connectivity index (χ2n) is 3.73. The van der Waals surface area contributed by atoms with Crippen LogP contribution in [0.25, 0.3) is 0 Å². The van der Waals surface area contributed by atoms with Gasteiger partial charge in [-0.05, 0) is 30.4 Å². The van der Waals surface area contributed by atoms with Gasteiger partial charge in [-0.25, -0.2) is 4.98 Å². The van der Waals surface area contributed by atoms with Crippen molar-refractivity contribution in [1.82, 2.24) is 10.4 Å². The third-order valence-electron chi connectivity index (χ3n) is 2.29. The standard InChI is InChI=1S/C12H11N5O2S/c18-17(19)10-6-7-11(13-8-10)15-16-12(20)14-9-4-2-1-3-5-9/h1-8H,(H,13,15)(H2,14,16,20). The summed E-state index contributed by atoms with van der Waals surface area (Å²) in [6.07, 6.45) is 1.16. The van der Waals surface area contributed by atoms with E-state index in [1.54, 1.807) is 0 Å². The zero-order chi connectivity index (χ0) is 14.4. The summed E-state index contributed by atoms with van der Waals surface area (Å²) < 4.78 is 0. The molecule has 0 fully saturated rings. The molecule has 20 heavy (non-hydrogen) atoms. The van der Waals surface area contributed by atoms with Gasteiger partial charge in [-0.15, -0.1) is 0 Å². The summed E-state index contributed by atoms with van der Waals surface area (Å²) in [6, 6.07) is 12.3. The molecule has 0 radical (unpaired) electrons. The molecular formula is C12H11N5O2S. The predicted octanol–water partition coefficient (Wildman–Crippen LogP) is 2.30. The molecule has 0 aliphatic carbocycles. The zero-order valence-electron chi connectivity index (χ0n) is 10.2. The monoisotopic (exact) mass is 289 g/mol. The van der Waals surface area contributed by atoms with Crippen LogP contribution in [0.3, 0.4) is 0 Å². The van der Waals surface area contributed by atoms with E-state index in [1.807, 2.05) is 30.3 Å². The fourth-order valence-corrected chi connectivity index (χ4v) is 1.54. The Morgan fingerprint density at radius 2 is 1.95 bits per heavy atom. The van der Waals surface area contributed by atoms with Crippen LogP contribution in [0.4, 0.5) is 17.2 Å². The smallest absolute Gasteiger partial charge is 0.287 e. The Balaban J connectivity index is 1.85. The lowest BCUT2D eigenvalue weighted by Crippen LogP contribution is -2.33. The predicted molar refractivity (Wildman–Crippen MR) is 80.3 cm³/mol. The van der Waals surface area contributed by atoms with E-state index in [0.717, 1.165) is 11.9 Å². The van der Waals surface area contributed by atoms with Crippen molar-refractivity contribution >= 4 is 34.5 Å². The first kappa shape index (κ1) is 13.7. The lowest BCUT2D eigenvalue weighted by molar-refractivity contribution is -0.385. The minimum absolute atomic E-state index is 0.0689. The first-order chi connectivity index (χ1) is 9.65. The number of benzene rings is 1. The van der Waals surface area contributed by atoms with E-state index in [0.29, 0.717) is 10.9 Å². The Bertz CT molecular complexity index is 603. The van der Waals surface area contributed by atoms with Crippen LogP contribution in [0.2, 0.25) is 0 Å². The van der Waals surface area contributed by atoms with Gasteiger partial charge in [0.15, 0.2) is 5.11 Å². The minimum atomic E-state index is -0.508. The van der Waals surface area contributed by atoms with Crippen molar-refractivity contribution in [2.75, 3.05) is 10.7 Å². The van der Waals surface area contributed by atoms with E-state index in [4.69, 9.17) is 12.2 Å². The molecule has 0 amide bonds. The van der Waals surface area contributed by atoms with Crippen molar-refractivity contribution in [2.24, 2.45) is 0 Å². The summed E-state index contributed by atoms with van der Waals surface area (Å²) in [5.74, 6) is 0.424. The average Bonchev–Trinajstić information content (AvgIpc) is 2.46. The minimum Gasteiger partial charge on any atom is -0.331 e. The van der Waals surface area contributed by atoms with E-state index in [-0.39, 0.29) is 5.69 Å². The van der Waals surface area contributed by atoms with Crippen LogP contribution >= 0.6 is 12.2 Å². The number of pyridine rings is 1. The summed E-state index contributed by atoms with van der Waals surface area (Å²) >= 11 is 5.08. The third kappa shape index (κ3) is 3.89. The SMILES string of the molecule is O=[N+]([O-])c1ccc(NNC(=S)Nc2ccccc2)nc1. The molecule has 0 bridgehead atoms. The molecule has 7 nitrogen and oxygen atoms in total. The molecule has 0 unspecified atom stereocenters. The number of anilines is 2. The fourth-order valence-electron chi connectivity index (χ4n) is 1.37. The number of nitro groups is 1. The Morgan fingerprint density at radius 1 is 1.20 bits per heavy atom. The highest BCUT2D eigenvalue weighted by molar-refractivity contribution is 7.80. The second kappa shape index (κ2) is 6.43. The van der Waals surface area contributed by atoms with Crippen molar-refractivity contribution in [2.45, 2.75) is 0 Å².